The summed E-state index contributed by atoms with van der Waals surface area (Å²) in [6.45, 7) is 4.36. The average molecular weight is 362 g/mol. The molecule has 2 aromatic carbocycles. The van der Waals surface area contributed by atoms with Gasteiger partial charge in [0.05, 0.1) is 11.8 Å². The first-order chi connectivity index (χ1) is 11.5. The molecule has 2 rings (SSSR count). The summed E-state index contributed by atoms with van der Waals surface area (Å²) in [6, 6.07) is 18.0. The third kappa shape index (κ3) is 6.58. The van der Waals surface area contributed by atoms with Crippen molar-refractivity contribution in [3.63, 3.8) is 0 Å². The van der Waals surface area contributed by atoms with Crippen molar-refractivity contribution in [2.45, 2.75) is 32.1 Å². The van der Waals surface area contributed by atoms with Crippen LogP contribution in [0, 0.1) is 5.92 Å². The molecule has 0 aromatic heterocycles. The summed E-state index contributed by atoms with van der Waals surface area (Å²) >= 11 is 7.50. The highest BCUT2D eigenvalue weighted by Crippen LogP contribution is 2.21. The molecule has 0 aliphatic rings. The molecule has 4 heteroatoms. The monoisotopic (exact) mass is 361 g/mol. The van der Waals surface area contributed by atoms with E-state index in [4.69, 9.17) is 11.6 Å². The van der Waals surface area contributed by atoms with Gasteiger partial charge in [-0.2, -0.15) is 0 Å². The molecule has 0 radical (unpaired) electrons. The van der Waals surface area contributed by atoms with Crippen LogP contribution in [0.2, 0.25) is 5.02 Å². The zero-order valence-electron chi connectivity index (χ0n) is 14.2. The van der Waals surface area contributed by atoms with E-state index in [-0.39, 0.29) is 11.9 Å². The Labute approximate surface area is 154 Å². The standard InChI is InChI=1S/C20H24ClNOS/c1-15(2)12-19(17-6-4-3-5-7-17)22-20(23)14-24-13-16-8-10-18(21)11-9-16/h3-11,15,19H,12-14H2,1-2H3,(H,22,23)/t19-/m1/s1. The minimum atomic E-state index is 0.0785. The Bertz CT molecular complexity index is 628. The number of carbonyl (C=O) groups excluding carboxylic acids is 1. The van der Waals surface area contributed by atoms with Crippen molar-refractivity contribution in [3.05, 3.63) is 70.7 Å². The molecule has 2 nitrogen and oxygen atoms in total. The Balaban J connectivity index is 1.85. The van der Waals surface area contributed by atoms with Crippen LogP contribution in [0.5, 0.6) is 0 Å². The quantitative estimate of drug-likeness (QED) is 0.674. The molecule has 0 aliphatic heterocycles. The van der Waals surface area contributed by atoms with E-state index in [0.717, 1.165) is 17.2 Å². The second-order valence-electron chi connectivity index (χ2n) is 6.28. The predicted octanol–water partition coefficient (Wildman–Crippen LogP) is 5.48. The number of carbonyl (C=O) groups is 1. The number of amides is 1. The number of halogens is 1. The molecule has 1 amide bonds. The van der Waals surface area contributed by atoms with Gasteiger partial charge < -0.3 is 5.32 Å². The van der Waals surface area contributed by atoms with Gasteiger partial charge in [-0.1, -0.05) is 67.9 Å². The van der Waals surface area contributed by atoms with E-state index in [9.17, 15) is 4.79 Å². The molecule has 128 valence electrons. The number of benzene rings is 2. The molecule has 0 fully saturated rings. The number of hydrogen-bond acceptors (Lipinski definition) is 2. The topological polar surface area (TPSA) is 29.1 Å². The molecule has 0 bridgehead atoms. The third-order valence-corrected chi connectivity index (χ3v) is 4.92. The highest BCUT2D eigenvalue weighted by atomic mass is 35.5. The van der Waals surface area contributed by atoms with Crippen molar-refractivity contribution in [1.82, 2.24) is 5.32 Å². The second-order valence-corrected chi connectivity index (χ2v) is 7.70. The van der Waals surface area contributed by atoms with Crippen molar-refractivity contribution in [2.24, 2.45) is 5.92 Å². The Morgan fingerprint density at radius 1 is 1.08 bits per heavy atom. The molecule has 0 unspecified atom stereocenters. The van der Waals surface area contributed by atoms with Gasteiger partial charge in [0.2, 0.25) is 5.91 Å². The number of hydrogen-bond donors (Lipinski definition) is 1. The van der Waals surface area contributed by atoms with E-state index in [1.807, 2.05) is 42.5 Å². The Hall–Kier alpha value is -1.45. The highest BCUT2D eigenvalue weighted by molar-refractivity contribution is 7.99. The average Bonchev–Trinajstić information content (AvgIpc) is 2.56. The third-order valence-electron chi connectivity index (χ3n) is 3.66. The van der Waals surface area contributed by atoms with Crippen LogP contribution >= 0.6 is 23.4 Å². The first kappa shape index (κ1) is 18.9. The van der Waals surface area contributed by atoms with E-state index in [2.05, 4.69) is 31.3 Å². The van der Waals surface area contributed by atoms with Gasteiger partial charge in [-0.3, -0.25) is 4.79 Å². The van der Waals surface area contributed by atoms with Crippen molar-refractivity contribution < 1.29 is 4.79 Å². The normalized spacial score (nSPS) is 12.2. The molecular formula is C20H24ClNOS. The smallest absolute Gasteiger partial charge is 0.230 e. The van der Waals surface area contributed by atoms with E-state index < -0.39 is 0 Å². The van der Waals surface area contributed by atoms with Crippen LogP contribution in [-0.4, -0.2) is 11.7 Å². The molecule has 2 aromatic rings. The zero-order chi connectivity index (χ0) is 17.4. The number of nitrogens with one attached hydrogen (secondary N) is 1. The van der Waals surface area contributed by atoms with Gasteiger partial charge in [-0.15, -0.1) is 11.8 Å². The summed E-state index contributed by atoms with van der Waals surface area (Å²) in [5, 5.41) is 3.92. The van der Waals surface area contributed by atoms with Gasteiger partial charge in [-0.05, 0) is 35.6 Å². The lowest BCUT2D eigenvalue weighted by Gasteiger charge is -2.21. The van der Waals surface area contributed by atoms with Gasteiger partial charge >= 0.3 is 0 Å². The molecule has 0 heterocycles. The van der Waals surface area contributed by atoms with Crippen LogP contribution in [-0.2, 0) is 10.5 Å². The molecule has 0 spiro atoms. The first-order valence-electron chi connectivity index (χ1n) is 8.21. The Morgan fingerprint density at radius 2 is 1.75 bits per heavy atom. The summed E-state index contributed by atoms with van der Waals surface area (Å²) in [7, 11) is 0. The maximum Gasteiger partial charge on any atom is 0.230 e. The maximum atomic E-state index is 12.3. The summed E-state index contributed by atoms with van der Waals surface area (Å²) in [5.74, 6) is 1.88. The lowest BCUT2D eigenvalue weighted by atomic mass is 9.97. The van der Waals surface area contributed by atoms with E-state index in [1.54, 1.807) is 11.8 Å². The molecular weight excluding hydrogens is 338 g/mol. The summed E-state index contributed by atoms with van der Waals surface area (Å²) in [5.41, 5.74) is 2.35. The fraction of sp³-hybridized carbons (Fsp3) is 0.350. The molecule has 24 heavy (non-hydrogen) atoms. The van der Waals surface area contributed by atoms with Crippen LogP contribution in [0.25, 0.3) is 0 Å². The Morgan fingerprint density at radius 3 is 2.38 bits per heavy atom. The van der Waals surface area contributed by atoms with Crippen LogP contribution < -0.4 is 5.32 Å². The maximum absolute atomic E-state index is 12.3. The van der Waals surface area contributed by atoms with E-state index >= 15 is 0 Å². The fourth-order valence-corrected chi connectivity index (χ4v) is 3.44. The van der Waals surface area contributed by atoms with Crippen molar-refractivity contribution in [2.75, 3.05) is 5.75 Å². The molecule has 1 N–H and O–H groups in total. The minimum absolute atomic E-state index is 0.0785. The van der Waals surface area contributed by atoms with Crippen molar-refractivity contribution >= 4 is 29.3 Å². The predicted molar refractivity (Wildman–Crippen MR) is 104 cm³/mol. The van der Waals surface area contributed by atoms with E-state index in [1.165, 1.54) is 11.1 Å². The SMILES string of the molecule is CC(C)C[C@@H](NC(=O)CSCc1ccc(Cl)cc1)c1ccccc1. The van der Waals surface area contributed by atoms with Crippen LogP contribution in [0.15, 0.2) is 54.6 Å². The first-order valence-corrected chi connectivity index (χ1v) is 9.74. The summed E-state index contributed by atoms with van der Waals surface area (Å²) in [4.78, 5) is 12.3. The zero-order valence-corrected chi connectivity index (χ0v) is 15.7. The molecule has 1 atom stereocenters. The van der Waals surface area contributed by atoms with Crippen molar-refractivity contribution in [3.8, 4) is 0 Å². The number of thioether (sulfide) groups is 1. The van der Waals surface area contributed by atoms with E-state index in [0.29, 0.717) is 11.7 Å². The minimum Gasteiger partial charge on any atom is -0.349 e. The molecule has 0 saturated carbocycles. The van der Waals surface area contributed by atoms with Crippen LogP contribution in [0.3, 0.4) is 0 Å². The summed E-state index contributed by atoms with van der Waals surface area (Å²) in [6.07, 6.45) is 0.942. The van der Waals surface area contributed by atoms with Crippen LogP contribution in [0.1, 0.15) is 37.4 Å². The van der Waals surface area contributed by atoms with Gasteiger partial charge in [-0.25, -0.2) is 0 Å². The van der Waals surface area contributed by atoms with Gasteiger partial charge in [0.15, 0.2) is 0 Å². The largest absolute Gasteiger partial charge is 0.349 e. The fourth-order valence-electron chi connectivity index (χ4n) is 2.51. The molecule has 0 aliphatic carbocycles. The van der Waals surface area contributed by atoms with Gasteiger partial charge in [0, 0.05) is 10.8 Å². The Kier molecular flexibility index (Phi) is 7.67. The second kappa shape index (κ2) is 9.75. The molecule has 0 saturated heterocycles. The summed E-state index contributed by atoms with van der Waals surface area (Å²) < 4.78 is 0. The van der Waals surface area contributed by atoms with Gasteiger partial charge in [0.1, 0.15) is 0 Å². The lowest BCUT2D eigenvalue weighted by Crippen LogP contribution is -2.30. The number of rotatable bonds is 8. The van der Waals surface area contributed by atoms with Crippen molar-refractivity contribution in [1.29, 1.82) is 0 Å². The highest BCUT2D eigenvalue weighted by Gasteiger charge is 2.15. The lowest BCUT2D eigenvalue weighted by molar-refractivity contribution is -0.119. The van der Waals surface area contributed by atoms with Crippen LogP contribution in [0.4, 0.5) is 0 Å². The van der Waals surface area contributed by atoms with Gasteiger partial charge in [0.25, 0.3) is 0 Å².